The van der Waals surface area contributed by atoms with Gasteiger partial charge in [0.05, 0.1) is 24.8 Å². The summed E-state index contributed by atoms with van der Waals surface area (Å²) < 4.78 is 40.8. The van der Waals surface area contributed by atoms with Gasteiger partial charge in [0.25, 0.3) is 10.0 Å². The number of methoxy groups -OCH3 is 2. The molecule has 4 aromatic carbocycles. The predicted octanol–water partition coefficient (Wildman–Crippen LogP) is 6.27. The first kappa shape index (κ1) is 36.3. The van der Waals surface area contributed by atoms with Crippen molar-refractivity contribution < 1.29 is 27.5 Å². The van der Waals surface area contributed by atoms with E-state index in [0.29, 0.717) is 17.3 Å². The highest BCUT2D eigenvalue weighted by molar-refractivity contribution is 7.92. The number of carbonyl (C=O) groups is 2. The number of nitrogens with zero attached hydrogens (tertiary/aromatic N) is 2. The fraction of sp³-hybridized carbons (Fsp3) is 0.297. The third-order valence-electron chi connectivity index (χ3n) is 7.76. The number of aryl methyl sites for hydroxylation is 1. The summed E-state index contributed by atoms with van der Waals surface area (Å²) >= 11 is 6.17. The molecule has 0 saturated heterocycles. The van der Waals surface area contributed by atoms with Crippen molar-refractivity contribution >= 4 is 39.1 Å². The highest BCUT2D eigenvalue weighted by atomic mass is 35.5. The molecule has 0 bridgehead atoms. The zero-order valence-corrected chi connectivity index (χ0v) is 29.4. The van der Waals surface area contributed by atoms with Crippen LogP contribution in [0.1, 0.15) is 30.5 Å². The topological polar surface area (TPSA) is 105 Å². The van der Waals surface area contributed by atoms with Crippen LogP contribution in [0.2, 0.25) is 5.02 Å². The minimum atomic E-state index is -4.33. The first-order valence-corrected chi connectivity index (χ1v) is 17.4. The van der Waals surface area contributed by atoms with Gasteiger partial charge in [-0.2, -0.15) is 0 Å². The lowest BCUT2D eigenvalue weighted by Gasteiger charge is -2.34. The average Bonchev–Trinajstić information content (AvgIpc) is 3.08. The molecule has 0 aliphatic carbocycles. The Bertz CT molecular complexity index is 1780. The number of sulfonamides is 1. The molecule has 0 spiro atoms. The molecule has 0 saturated carbocycles. The average molecular weight is 692 g/mol. The minimum Gasteiger partial charge on any atom is -0.497 e. The van der Waals surface area contributed by atoms with Gasteiger partial charge in [-0.05, 0) is 60.4 Å². The molecule has 0 radical (unpaired) electrons. The normalized spacial score (nSPS) is 11.9. The molecule has 4 rings (SSSR count). The number of amides is 2. The van der Waals surface area contributed by atoms with E-state index in [-0.39, 0.29) is 41.1 Å². The molecule has 0 heterocycles. The smallest absolute Gasteiger partial charge is 0.264 e. The molecule has 2 amide bonds. The molecule has 0 unspecified atom stereocenters. The monoisotopic (exact) mass is 691 g/mol. The van der Waals surface area contributed by atoms with Crippen LogP contribution in [0.15, 0.2) is 102 Å². The van der Waals surface area contributed by atoms with E-state index in [2.05, 4.69) is 5.32 Å². The third-order valence-corrected chi connectivity index (χ3v) is 9.79. The van der Waals surface area contributed by atoms with Crippen molar-refractivity contribution in [2.24, 2.45) is 5.92 Å². The molecule has 4 aromatic rings. The van der Waals surface area contributed by atoms with Crippen LogP contribution in [0, 0.1) is 12.8 Å². The van der Waals surface area contributed by atoms with Crippen LogP contribution in [-0.4, -0.2) is 58.5 Å². The van der Waals surface area contributed by atoms with Crippen LogP contribution >= 0.6 is 11.6 Å². The number of ether oxygens (including phenoxy) is 2. The Morgan fingerprint density at radius 3 is 2.12 bits per heavy atom. The standard InChI is InChI=1S/C37H42ClN3O6S/c1-26(2)23-39-37(43)34(21-28-9-7-6-8-10-28)40(24-29-13-15-30(38)16-14-29)36(42)25-41(33-22-31(46-4)17-20-35(33)47-5)48(44,45)32-18-11-27(3)12-19-32/h6-20,22,26,34H,21,23-25H2,1-5H3,(H,39,43)/t34-/m0/s1. The summed E-state index contributed by atoms with van der Waals surface area (Å²) in [6, 6.07) is 26.5. The van der Waals surface area contributed by atoms with Crippen LogP contribution < -0.4 is 19.1 Å². The Labute approximate surface area is 288 Å². The van der Waals surface area contributed by atoms with Crippen LogP contribution in [-0.2, 0) is 32.6 Å². The van der Waals surface area contributed by atoms with Gasteiger partial charge in [-0.3, -0.25) is 13.9 Å². The quantitative estimate of drug-likeness (QED) is 0.158. The molecule has 0 aliphatic rings. The Kier molecular flexibility index (Phi) is 12.5. The summed E-state index contributed by atoms with van der Waals surface area (Å²) in [7, 11) is -1.44. The molecule has 0 aliphatic heterocycles. The van der Waals surface area contributed by atoms with Crippen molar-refractivity contribution in [3.63, 3.8) is 0 Å². The summed E-state index contributed by atoms with van der Waals surface area (Å²) in [6.45, 7) is 5.62. The Balaban J connectivity index is 1.86. The van der Waals surface area contributed by atoms with Crippen molar-refractivity contribution in [2.45, 2.75) is 44.7 Å². The molecular formula is C37H42ClN3O6S. The predicted molar refractivity (Wildman–Crippen MR) is 189 cm³/mol. The van der Waals surface area contributed by atoms with Gasteiger partial charge < -0.3 is 19.7 Å². The number of halogens is 1. The lowest BCUT2D eigenvalue weighted by atomic mass is 10.0. The first-order valence-electron chi connectivity index (χ1n) is 15.6. The van der Waals surface area contributed by atoms with Crippen molar-refractivity contribution in [1.29, 1.82) is 0 Å². The lowest BCUT2D eigenvalue weighted by molar-refractivity contribution is -0.140. The summed E-state index contributed by atoms with van der Waals surface area (Å²) in [5.74, 6) is -0.176. The van der Waals surface area contributed by atoms with Crippen molar-refractivity contribution in [3.05, 3.63) is 119 Å². The molecule has 48 heavy (non-hydrogen) atoms. The summed E-state index contributed by atoms with van der Waals surface area (Å²) in [5.41, 5.74) is 2.55. The van der Waals surface area contributed by atoms with Crippen LogP contribution in [0.5, 0.6) is 11.5 Å². The van der Waals surface area contributed by atoms with Gasteiger partial charge in [0.2, 0.25) is 11.8 Å². The van der Waals surface area contributed by atoms with E-state index in [4.69, 9.17) is 21.1 Å². The van der Waals surface area contributed by atoms with E-state index >= 15 is 0 Å². The second-order valence-electron chi connectivity index (χ2n) is 11.9. The van der Waals surface area contributed by atoms with E-state index in [0.717, 1.165) is 21.0 Å². The molecule has 0 fully saturated rings. The molecule has 1 N–H and O–H groups in total. The van der Waals surface area contributed by atoms with E-state index in [1.54, 1.807) is 48.5 Å². The van der Waals surface area contributed by atoms with Crippen LogP contribution in [0.25, 0.3) is 0 Å². The number of hydrogen-bond acceptors (Lipinski definition) is 6. The maximum Gasteiger partial charge on any atom is 0.264 e. The molecular weight excluding hydrogens is 650 g/mol. The second kappa shape index (κ2) is 16.5. The van der Waals surface area contributed by atoms with Crippen molar-refractivity contribution in [3.8, 4) is 11.5 Å². The number of hydrogen-bond donors (Lipinski definition) is 1. The largest absolute Gasteiger partial charge is 0.497 e. The molecule has 0 aromatic heterocycles. The first-order chi connectivity index (χ1) is 22.9. The fourth-order valence-electron chi connectivity index (χ4n) is 5.11. The summed E-state index contributed by atoms with van der Waals surface area (Å²) in [4.78, 5) is 30.1. The Morgan fingerprint density at radius 2 is 1.52 bits per heavy atom. The summed E-state index contributed by atoms with van der Waals surface area (Å²) in [6.07, 6.45) is 0.206. The number of anilines is 1. The second-order valence-corrected chi connectivity index (χ2v) is 14.2. The Hall–Kier alpha value is -4.54. The number of carbonyl (C=O) groups excluding carboxylic acids is 2. The maximum absolute atomic E-state index is 14.7. The highest BCUT2D eigenvalue weighted by Crippen LogP contribution is 2.36. The van der Waals surface area contributed by atoms with Gasteiger partial charge in [-0.25, -0.2) is 8.42 Å². The highest BCUT2D eigenvalue weighted by Gasteiger charge is 2.36. The number of benzene rings is 4. The lowest BCUT2D eigenvalue weighted by Crippen LogP contribution is -2.53. The van der Waals surface area contributed by atoms with E-state index in [9.17, 15) is 18.0 Å². The van der Waals surface area contributed by atoms with Crippen LogP contribution in [0.3, 0.4) is 0 Å². The minimum absolute atomic E-state index is 0.00876. The van der Waals surface area contributed by atoms with E-state index in [1.165, 1.54) is 37.3 Å². The maximum atomic E-state index is 14.7. The zero-order chi connectivity index (χ0) is 34.8. The van der Waals surface area contributed by atoms with E-state index in [1.807, 2.05) is 51.1 Å². The molecule has 11 heteroatoms. The van der Waals surface area contributed by atoms with Gasteiger partial charge in [0.15, 0.2) is 0 Å². The van der Waals surface area contributed by atoms with Gasteiger partial charge in [-0.15, -0.1) is 0 Å². The number of nitrogens with one attached hydrogen (secondary N) is 1. The van der Waals surface area contributed by atoms with Gasteiger partial charge >= 0.3 is 0 Å². The fourth-order valence-corrected chi connectivity index (χ4v) is 6.65. The number of rotatable bonds is 15. The van der Waals surface area contributed by atoms with Gasteiger partial charge in [-0.1, -0.05) is 85.6 Å². The SMILES string of the molecule is COc1ccc(OC)c(N(CC(=O)N(Cc2ccc(Cl)cc2)[C@@H](Cc2ccccc2)C(=O)NCC(C)C)S(=O)(=O)c2ccc(C)cc2)c1. The third kappa shape index (κ3) is 9.29. The Morgan fingerprint density at radius 1 is 0.854 bits per heavy atom. The molecule has 9 nitrogen and oxygen atoms in total. The van der Waals surface area contributed by atoms with E-state index < -0.39 is 28.5 Å². The van der Waals surface area contributed by atoms with Crippen LogP contribution in [0.4, 0.5) is 5.69 Å². The van der Waals surface area contributed by atoms with Gasteiger partial charge in [0.1, 0.15) is 24.1 Å². The van der Waals surface area contributed by atoms with Crippen molar-refractivity contribution in [1.82, 2.24) is 10.2 Å². The summed E-state index contributed by atoms with van der Waals surface area (Å²) in [5, 5.41) is 3.51. The zero-order valence-electron chi connectivity index (χ0n) is 27.9. The molecule has 254 valence electrons. The van der Waals surface area contributed by atoms with Crippen molar-refractivity contribution in [2.75, 3.05) is 31.6 Å². The van der Waals surface area contributed by atoms with Gasteiger partial charge in [0, 0.05) is 30.6 Å². The molecule has 1 atom stereocenters.